The van der Waals surface area contributed by atoms with Crippen molar-refractivity contribution >= 4 is 35.0 Å². The van der Waals surface area contributed by atoms with Crippen molar-refractivity contribution in [3.8, 4) is 11.1 Å². The molecule has 0 fully saturated rings. The molecular formula is C18H20ClN5S. The number of hydrogen-bond acceptors (Lipinski definition) is 5. The van der Waals surface area contributed by atoms with Crippen molar-refractivity contribution in [1.29, 1.82) is 0 Å². The first-order valence-electron chi connectivity index (χ1n) is 7.98. The van der Waals surface area contributed by atoms with E-state index in [2.05, 4.69) is 64.0 Å². The van der Waals surface area contributed by atoms with E-state index in [4.69, 9.17) is 11.6 Å². The molecule has 0 N–H and O–H groups in total. The van der Waals surface area contributed by atoms with Gasteiger partial charge in [-0.15, -0.1) is 11.8 Å². The lowest BCUT2D eigenvalue weighted by atomic mass is 10.1. The first-order chi connectivity index (χ1) is 12.0. The Bertz CT molecular complexity index is 904. The molecule has 1 aromatic carbocycles. The van der Waals surface area contributed by atoms with Gasteiger partial charge in [0.25, 0.3) is 5.78 Å². The second-order valence-corrected chi connectivity index (χ2v) is 7.01. The molecule has 0 saturated carbocycles. The molecule has 0 atom stereocenters. The number of benzene rings is 1. The highest BCUT2D eigenvalue weighted by Gasteiger charge is 2.21. The van der Waals surface area contributed by atoms with Gasteiger partial charge in [-0.05, 0) is 37.8 Å². The zero-order valence-corrected chi connectivity index (χ0v) is 16.1. The Hall–Kier alpha value is -2.05. The van der Waals surface area contributed by atoms with Crippen molar-refractivity contribution in [2.24, 2.45) is 0 Å². The minimum Gasteiger partial charge on any atom is -0.352 e. The first kappa shape index (κ1) is 17.8. The van der Waals surface area contributed by atoms with Crippen LogP contribution in [0, 0.1) is 0 Å². The van der Waals surface area contributed by atoms with Gasteiger partial charge in [0, 0.05) is 18.0 Å². The summed E-state index contributed by atoms with van der Waals surface area (Å²) in [4.78, 5) is 12.0. The van der Waals surface area contributed by atoms with Crippen LogP contribution in [-0.4, -0.2) is 38.9 Å². The zero-order chi connectivity index (χ0) is 18.0. The van der Waals surface area contributed by atoms with Gasteiger partial charge in [-0.3, -0.25) is 0 Å². The van der Waals surface area contributed by atoms with Crippen molar-refractivity contribution in [2.75, 3.05) is 24.2 Å². The van der Waals surface area contributed by atoms with Crippen molar-refractivity contribution in [1.82, 2.24) is 19.6 Å². The minimum absolute atomic E-state index is 0.424. The normalized spacial score (nSPS) is 11.0. The summed E-state index contributed by atoms with van der Waals surface area (Å²) in [5.41, 5.74) is 2.92. The molecule has 25 heavy (non-hydrogen) atoms. The Balaban J connectivity index is 2.26. The lowest BCUT2D eigenvalue weighted by Gasteiger charge is -2.26. The number of anilines is 1. The van der Waals surface area contributed by atoms with E-state index in [0.29, 0.717) is 17.5 Å². The first-order valence-corrected chi connectivity index (χ1v) is 9.58. The highest BCUT2D eigenvalue weighted by Crippen LogP contribution is 2.37. The van der Waals surface area contributed by atoms with E-state index in [-0.39, 0.29) is 0 Å². The van der Waals surface area contributed by atoms with Crippen LogP contribution in [0.2, 0.25) is 5.15 Å². The van der Waals surface area contributed by atoms with Gasteiger partial charge < -0.3 is 4.90 Å². The van der Waals surface area contributed by atoms with E-state index in [0.717, 1.165) is 29.1 Å². The molecule has 2 aromatic heterocycles. The minimum atomic E-state index is 0.424. The van der Waals surface area contributed by atoms with Crippen molar-refractivity contribution in [3.63, 3.8) is 0 Å². The Morgan fingerprint density at radius 3 is 2.64 bits per heavy atom. The molecule has 7 heteroatoms. The van der Waals surface area contributed by atoms with Gasteiger partial charge in [-0.25, -0.2) is 0 Å². The number of rotatable bonds is 6. The second kappa shape index (κ2) is 7.45. The number of hydrogen-bond donors (Lipinski definition) is 0. The maximum atomic E-state index is 6.56. The number of fused-ring (bicyclic) bond motifs is 1. The molecule has 3 aromatic rings. The molecule has 0 aliphatic rings. The van der Waals surface area contributed by atoms with E-state index in [9.17, 15) is 0 Å². The molecule has 5 nitrogen and oxygen atoms in total. The molecule has 3 rings (SSSR count). The summed E-state index contributed by atoms with van der Waals surface area (Å²) in [5, 5.41) is 4.79. The number of halogens is 1. The third-order valence-electron chi connectivity index (χ3n) is 3.88. The SMILES string of the molecule is C=C(C)CN(CC)c1c(-c2ccc(SC)cc2)c(Cl)nc2ncnn12. The quantitative estimate of drug-likeness (QED) is 0.360. The van der Waals surface area contributed by atoms with Gasteiger partial charge in [0.1, 0.15) is 17.3 Å². The fourth-order valence-electron chi connectivity index (χ4n) is 2.76. The molecule has 0 spiro atoms. The summed E-state index contributed by atoms with van der Waals surface area (Å²) in [5.74, 6) is 1.37. The molecule has 0 unspecified atom stereocenters. The maximum Gasteiger partial charge on any atom is 0.255 e. The summed E-state index contributed by atoms with van der Waals surface area (Å²) >= 11 is 8.27. The van der Waals surface area contributed by atoms with Crippen molar-refractivity contribution in [2.45, 2.75) is 18.7 Å². The van der Waals surface area contributed by atoms with Crippen LogP contribution in [-0.2, 0) is 0 Å². The monoisotopic (exact) mass is 373 g/mol. The number of thioether (sulfide) groups is 1. The zero-order valence-electron chi connectivity index (χ0n) is 14.5. The fourth-order valence-corrected chi connectivity index (χ4v) is 3.44. The van der Waals surface area contributed by atoms with E-state index in [1.165, 1.54) is 11.2 Å². The Morgan fingerprint density at radius 2 is 2.04 bits per heavy atom. The lowest BCUT2D eigenvalue weighted by Crippen LogP contribution is -2.28. The highest BCUT2D eigenvalue weighted by atomic mass is 35.5. The van der Waals surface area contributed by atoms with Gasteiger partial charge in [0.05, 0.1) is 5.56 Å². The van der Waals surface area contributed by atoms with Gasteiger partial charge in [0.15, 0.2) is 0 Å². The maximum absolute atomic E-state index is 6.56. The van der Waals surface area contributed by atoms with E-state index >= 15 is 0 Å². The molecule has 0 radical (unpaired) electrons. The van der Waals surface area contributed by atoms with Gasteiger partial charge in [-0.2, -0.15) is 19.6 Å². The fraction of sp³-hybridized carbons (Fsp3) is 0.278. The average molecular weight is 374 g/mol. The van der Waals surface area contributed by atoms with Crippen LogP contribution in [0.1, 0.15) is 13.8 Å². The largest absolute Gasteiger partial charge is 0.352 e. The molecule has 0 amide bonds. The smallest absolute Gasteiger partial charge is 0.255 e. The van der Waals surface area contributed by atoms with Gasteiger partial charge in [-0.1, -0.05) is 35.9 Å². The summed E-state index contributed by atoms with van der Waals surface area (Å²) < 4.78 is 1.75. The lowest BCUT2D eigenvalue weighted by molar-refractivity contribution is 0.811. The molecule has 0 aliphatic heterocycles. The van der Waals surface area contributed by atoms with Crippen LogP contribution < -0.4 is 4.90 Å². The van der Waals surface area contributed by atoms with E-state index in [1.807, 2.05) is 6.92 Å². The van der Waals surface area contributed by atoms with Crippen LogP contribution in [0.5, 0.6) is 0 Å². The van der Waals surface area contributed by atoms with E-state index in [1.54, 1.807) is 16.3 Å². The Morgan fingerprint density at radius 1 is 1.32 bits per heavy atom. The highest BCUT2D eigenvalue weighted by molar-refractivity contribution is 7.98. The van der Waals surface area contributed by atoms with Gasteiger partial charge in [0.2, 0.25) is 0 Å². The molecule has 130 valence electrons. The third kappa shape index (κ3) is 3.50. The molecular weight excluding hydrogens is 354 g/mol. The van der Waals surface area contributed by atoms with Crippen LogP contribution in [0.4, 0.5) is 5.82 Å². The standard InChI is InChI=1S/C18H20ClN5S/c1-5-23(10-12(2)3)17-15(13-6-8-14(25-4)9-7-13)16(19)22-18-20-11-21-24(17)18/h6-9,11H,2,5,10H2,1,3-4H3. The summed E-state index contributed by atoms with van der Waals surface area (Å²) in [7, 11) is 0. The molecule has 0 aliphatic carbocycles. The van der Waals surface area contributed by atoms with Crippen molar-refractivity contribution in [3.05, 3.63) is 47.9 Å². The van der Waals surface area contributed by atoms with Crippen LogP contribution >= 0.6 is 23.4 Å². The van der Waals surface area contributed by atoms with Gasteiger partial charge >= 0.3 is 0 Å². The number of likely N-dealkylation sites (N-methyl/N-ethyl adjacent to an activating group) is 1. The third-order valence-corrected chi connectivity index (χ3v) is 4.90. The number of nitrogens with zero attached hydrogens (tertiary/aromatic N) is 5. The van der Waals surface area contributed by atoms with Crippen LogP contribution in [0.15, 0.2) is 47.6 Å². The summed E-state index contributed by atoms with van der Waals surface area (Å²) in [6.07, 6.45) is 3.56. The Labute approximate surface area is 156 Å². The summed E-state index contributed by atoms with van der Waals surface area (Å²) in [6.45, 7) is 9.65. The van der Waals surface area contributed by atoms with E-state index < -0.39 is 0 Å². The van der Waals surface area contributed by atoms with Crippen LogP contribution in [0.25, 0.3) is 16.9 Å². The molecule has 0 saturated heterocycles. The molecule has 2 heterocycles. The molecule has 0 bridgehead atoms. The average Bonchev–Trinajstić information content (AvgIpc) is 3.06. The van der Waals surface area contributed by atoms with Crippen LogP contribution in [0.3, 0.4) is 0 Å². The topological polar surface area (TPSA) is 46.3 Å². The summed E-state index contributed by atoms with van der Waals surface area (Å²) in [6, 6.07) is 8.30. The Kier molecular flexibility index (Phi) is 5.30. The van der Waals surface area contributed by atoms with Crippen molar-refractivity contribution < 1.29 is 0 Å². The predicted octanol–water partition coefficient (Wildman–Crippen LogP) is 4.57. The number of aromatic nitrogens is 4. The second-order valence-electron chi connectivity index (χ2n) is 5.77. The predicted molar refractivity (Wildman–Crippen MR) is 106 cm³/mol.